The summed E-state index contributed by atoms with van der Waals surface area (Å²) in [5.41, 5.74) is 1.21. The lowest BCUT2D eigenvalue weighted by Crippen LogP contribution is -2.31. The minimum absolute atomic E-state index is 0.0288. The van der Waals surface area contributed by atoms with E-state index >= 15 is 0 Å². The topological polar surface area (TPSA) is 76.3 Å². The number of rotatable bonds is 2. The zero-order chi connectivity index (χ0) is 19.3. The number of aromatic nitrogens is 2. The Bertz CT molecular complexity index is 1290. The van der Waals surface area contributed by atoms with Crippen LogP contribution in [-0.2, 0) is 0 Å². The van der Waals surface area contributed by atoms with Gasteiger partial charge in [-0.25, -0.2) is 9.97 Å². The summed E-state index contributed by atoms with van der Waals surface area (Å²) in [7, 11) is 0. The zero-order valence-electron chi connectivity index (χ0n) is 14.4. The van der Waals surface area contributed by atoms with Crippen molar-refractivity contribution in [2.75, 3.05) is 4.90 Å². The molecular formula is C21H12BrN3O3. The number of halogens is 1. The molecule has 4 aromatic rings. The number of carbonyl (C=O) groups is 1. The molecule has 1 amide bonds. The first-order chi connectivity index (χ1) is 13.6. The Balaban J connectivity index is 1.84. The third kappa shape index (κ3) is 2.47. The van der Waals surface area contributed by atoms with Gasteiger partial charge in [-0.15, -0.1) is 0 Å². The minimum atomic E-state index is -0.678. The Morgan fingerprint density at radius 1 is 0.964 bits per heavy atom. The van der Waals surface area contributed by atoms with E-state index in [1.807, 2.05) is 24.3 Å². The number of nitrogens with zero attached hydrogens (tertiary/aromatic N) is 3. The third-order valence-electron chi connectivity index (χ3n) is 4.71. The minimum Gasteiger partial charge on any atom is -0.450 e. The lowest BCUT2D eigenvalue weighted by atomic mass is 9.99. The molecule has 6 nitrogen and oxygen atoms in total. The maximum absolute atomic E-state index is 13.3. The van der Waals surface area contributed by atoms with Crippen molar-refractivity contribution in [2.24, 2.45) is 0 Å². The first-order valence-corrected chi connectivity index (χ1v) is 9.36. The molecule has 5 rings (SSSR count). The summed E-state index contributed by atoms with van der Waals surface area (Å²) in [6, 6.07) is 15.4. The average molecular weight is 434 g/mol. The van der Waals surface area contributed by atoms with Crippen LogP contribution in [0.15, 0.2) is 80.7 Å². The molecule has 0 aliphatic carbocycles. The molecule has 2 aromatic carbocycles. The van der Waals surface area contributed by atoms with Crippen LogP contribution < -0.4 is 10.3 Å². The number of hydrogen-bond donors (Lipinski definition) is 0. The fourth-order valence-electron chi connectivity index (χ4n) is 3.53. The summed E-state index contributed by atoms with van der Waals surface area (Å²) in [5.74, 6) is -0.192. The van der Waals surface area contributed by atoms with E-state index in [-0.39, 0.29) is 17.1 Å². The molecule has 28 heavy (non-hydrogen) atoms. The molecule has 0 fully saturated rings. The van der Waals surface area contributed by atoms with Gasteiger partial charge in [-0.2, -0.15) is 0 Å². The Hall–Kier alpha value is -3.32. The van der Waals surface area contributed by atoms with Gasteiger partial charge in [0.1, 0.15) is 5.58 Å². The molecule has 136 valence electrons. The highest BCUT2D eigenvalue weighted by Gasteiger charge is 2.44. The van der Waals surface area contributed by atoms with Crippen molar-refractivity contribution >= 4 is 38.8 Å². The van der Waals surface area contributed by atoms with Crippen LogP contribution in [0.1, 0.15) is 27.7 Å². The monoisotopic (exact) mass is 433 g/mol. The van der Waals surface area contributed by atoms with Crippen LogP contribution in [-0.4, -0.2) is 15.9 Å². The van der Waals surface area contributed by atoms with Crippen LogP contribution in [0, 0.1) is 0 Å². The second kappa shape index (κ2) is 6.38. The van der Waals surface area contributed by atoms with E-state index in [4.69, 9.17) is 4.42 Å². The van der Waals surface area contributed by atoms with Gasteiger partial charge in [0.2, 0.25) is 11.7 Å². The summed E-state index contributed by atoms with van der Waals surface area (Å²) in [6.07, 6.45) is 3.12. The number of fused-ring (bicyclic) bond motifs is 2. The molecule has 1 aliphatic heterocycles. The van der Waals surface area contributed by atoms with Crippen LogP contribution in [0.25, 0.3) is 11.0 Å². The summed E-state index contributed by atoms with van der Waals surface area (Å²) < 4.78 is 6.71. The van der Waals surface area contributed by atoms with Crippen molar-refractivity contribution in [1.82, 2.24) is 9.97 Å². The lowest BCUT2D eigenvalue weighted by Gasteiger charge is -2.23. The highest BCUT2D eigenvalue weighted by atomic mass is 79.9. The second-order valence-corrected chi connectivity index (χ2v) is 7.27. The van der Waals surface area contributed by atoms with E-state index in [1.54, 1.807) is 42.7 Å². The van der Waals surface area contributed by atoms with E-state index in [0.717, 1.165) is 10.0 Å². The highest BCUT2D eigenvalue weighted by Crippen LogP contribution is 2.40. The molecule has 0 unspecified atom stereocenters. The first kappa shape index (κ1) is 16.8. The van der Waals surface area contributed by atoms with Gasteiger partial charge in [0.05, 0.1) is 17.0 Å². The van der Waals surface area contributed by atoms with E-state index < -0.39 is 11.9 Å². The van der Waals surface area contributed by atoms with E-state index in [9.17, 15) is 9.59 Å². The molecule has 0 saturated heterocycles. The molecule has 0 N–H and O–H groups in total. The molecule has 2 aromatic heterocycles. The molecule has 0 saturated carbocycles. The van der Waals surface area contributed by atoms with Crippen molar-refractivity contribution < 1.29 is 9.21 Å². The Labute approximate surface area is 167 Å². The van der Waals surface area contributed by atoms with Crippen molar-refractivity contribution in [2.45, 2.75) is 6.04 Å². The fourth-order valence-corrected chi connectivity index (χ4v) is 3.95. The standard InChI is InChI=1S/C21H12BrN3O3/c22-13-6-3-5-12(11-13)17-16-18(26)14-7-1-2-8-15(14)28-19(16)20(27)25(17)21-23-9-4-10-24-21/h1-11,17H/t17-/m0/s1. The fraction of sp³-hybridized carbons (Fsp3) is 0.0476. The van der Waals surface area contributed by atoms with Crippen molar-refractivity contribution in [3.63, 3.8) is 0 Å². The molecule has 0 spiro atoms. The quantitative estimate of drug-likeness (QED) is 0.475. The van der Waals surface area contributed by atoms with Gasteiger partial charge in [-0.3, -0.25) is 14.5 Å². The Morgan fingerprint density at radius 3 is 2.54 bits per heavy atom. The Morgan fingerprint density at radius 2 is 1.75 bits per heavy atom. The predicted molar refractivity (Wildman–Crippen MR) is 107 cm³/mol. The predicted octanol–water partition coefficient (Wildman–Crippen LogP) is 4.10. The maximum atomic E-state index is 13.3. The smallest absolute Gasteiger partial charge is 0.297 e. The van der Waals surface area contributed by atoms with Gasteiger partial charge in [0.25, 0.3) is 5.91 Å². The van der Waals surface area contributed by atoms with Gasteiger partial charge >= 0.3 is 0 Å². The number of carbonyl (C=O) groups excluding carboxylic acids is 1. The molecule has 3 heterocycles. The van der Waals surface area contributed by atoms with Crippen LogP contribution in [0.5, 0.6) is 0 Å². The van der Waals surface area contributed by atoms with Crippen molar-refractivity contribution in [3.8, 4) is 0 Å². The molecular weight excluding hydrogens is 422 g/mol. The SMILES string of the molecule is O=C1c2oc3ccccc3c(=O)c2[C@H](c2cccc(Br)c2)N1c1ncccn1. The second-order valence-electron chi connectivity index (χ2n) is 6.35. The van der Waals surface area contributed by atoms with Crippen LogP contribution in [0.2, 0.25) is 0 Å². The van der Waals surface area contributed by atoms with Crippen LogP contribution >= 0.6 is 15.9 Å². The lowest BCUT2D eigenvalue weighted by molar-refractivity contribution is 0.0969. The number of hydrogen-bond acceptors (Lipinski definition) is 5. The normalized spacial score (nSPS) is 15.8. The molecule has 1 atom stereocenters. The molecule has 7 heteroatoms. The van der Waals surface area contributed by atoms with E-state index in [1.165, 1.54) is 4.90 Å². The molecule has 0 radical (unpaired) electrons. The van der Waals surface area contributed by atoms with Gasteiger partial charge in [0.15, 0.2) is 5.43 Å². The van der Waals surface area contributed by atoms with Gasteiger partial charge in [-0.05, 0) is 35.9 Å². The number of para-hydroxylation sites is 1. The van der Waals surface area contributed by atoms with Crippen molar-refractivity contribution in [1.29, 1.82) is 0 Å². The third-order valence-corrected chi connectivity index (χ3v) is 5.20. The highest BCUT2D eigenvalue weighted by molar-refractivity contribution is 9.10. The largest absolute Gasteiger partial charge is 0.450 e. The summed E-state index contributed by atoms with van der Waals surface area (Å²) in [4.78, 5) is 36.5. The molecule has 1 aliphatic rings. The molecule has 0 bridgehead atoms. The van der Waals surface area contributed by atoms with E-state index in [2.05, 4.69) is 25.9 Å². The van der Waals surface area contributed by atoms with Crippen molar-refractivity contribution in [3.05, 3.63) is 98.6 Å². The number of benzene rings is 2. The maximum Gasteiger partial charge on any atom is 0.297 e. The van der Waals surface area contributed by atoms with Crippen LogP contribution in [0.4, 0.5) is 5.95 Å². The van der Waals surface area contributed by atoms with Gasteiger partial charge < -0.3 is 4.42 Å². The van der Waals surface area contributed by atoms with Gasteiger partial charge in [-0.1, -0.05) is 40.2 Å². The zero-order valence-corrected chi connectivity index (χ0v) is 16.0. The first-order valence-electron chi connectivity index (χ1n) is 8.57. The van der Waals surface area contributed by atoms with Crippen LogP contribution in [0.3, 0.4) is 0 Å². The van der Waals surface area contributed by atoms with Gasteiger partial charge in [0, 0.05) is 16.9 Å². The average Bonchev–Trinajstić information content (AvgIpc) is 3.02. The summed E-state index contributed by atoms with van der Waals surface area (Å²) in [5, 5.41) is 0.435. The van der Waals surface area contributed by atoms with E-state index in [0.29, 0.717) is 16.5 Å². The summed E-state index contributed by atoms with van der Waals surface area (Å²) >= 11 is 3.46. The number of anilines is 1. The number of amides is 1. The summed E-state index contributed by atoms with van der Waals surface area (Å²) in [6.45, 7) is 0. The Kier molecular flexibility index (Phi) is 3.84.